The smallest absolute Gasteiger partial charge is 0.255 e. The number of rotatable bonds is 4. The van der Waals surface area contributed by atoms with Crippen LogP contribution < -0.4 is 15.8 Å². The van der Waals surface area contributed by atoms with Crippen molar-refractivity contribution in [2.24, 2.45) is 0 Å². The highest BCUT2D eigenvalue weighted by molar-refractivity contribution is 5.97. The molecule has 0 atom stereocenters. The number of carbonyl (C=O) groups excluding carboxylic acids is 1. The normalized spacial score (nSPS) is 10.3. The van der Waals surface area contributed by atoms with Crippen LogP contribution in [0, 0.1) is 13.8 Å². The van der Waals surface area contributed by atoms with E-state index in [1.807, 2.05) is 13.8 Å². The van der Waals surface area contributed by atoms with E-state index in [1.165, 1.54) is 7.11 Å². The van der Waals surface area contributed by atoms with Crippen LogP contribution in [0.3, 0.4) is 0 Å². The number of nitrogen functional groups attached to an aromatic ring is 1. The van der Waals surface area contributed by atoms with Gasteiger partial charge in [0.1, 0.15) is 11.5 Å². The minimum absolute atomic E-state index is 0.223. The Balaban J connectivity index is 2.08. The Labute approximate surface area is 116 Å². The number of carbonyl (C=O) groups is 1. The van der Waals surface area contributed by atoms with E-state index in [2.05, 4.69) is 10.3 Å². The molecule has 6 heteroatoms. The zero-order valence-corrected chi connectivity index (χ0v) is 11.7. The minimum atomic E-state index is -0.268. The molecule has 1 heterocycles. The summed E-state index contributed by atoms with van der Waals surface area (Å²) in [5.74, 6) is 1.39. The van der Waals surface area contributed by atoms with Gasteiger partial charge in [-0.3, -0.25) is 4.79 Å². The van der Waals surface area contributed by atoms with E-state index in [4.69, 9.17) is 14.9 Å². The Morgan fingerprint density at radius 3 is 2.80 bits per heavy atom. The van der Waals surface area contributed by atoms with Crippen molar-refractivity contribution in [1.82, 2.24) is 10.3 Å². The summed E-state index contributed by atoms with van der Waals surface area (Å²) >= 11 is 0. The molecular formula is C14H17N3O3. The molecule has 20 heavy (non-hydrogen) atoms. The summed E-state index contributed by atoms with van der Waals surface area (Å²) in [4.78, 5) is 16.3. The summed E-state index contributed by atoms with van der Waals surface area (Å²) in [6.07, 6.45) is 0. The van der Waals surface area contributed by atoms with Crippen molar-refractivity contribution in [2.45, 2.75) is 20.4 Å². The molecule has 0 saturated heterocycles. The van der Waals surface area contributed by atoms with Crippen LogP contribution in [0.2, 0.25) is 0 Å². The van der Waals surface area contributed by atoms with Gasteiger partial charge in [0, 0.05) is 11.8 Å². The molecule has 0 fully saturated rings. The highest BCUT2D eigenvalue weighted by Gasteiger charge is 2.13. The number of anilines is 1. The fraction of sp³-hybridized carbons (Fsp3) is 0.286. The Bertz CT molecular complexity index is 615. The maximum absolute atomic E-state index is 12.1. The predicted octanol–water partition coefficient (Wildman–Crippen LogP) is 1.81. The minimum Gasteiger partial charge on any atom is -0.496 e. The maximum atomic E-state index is 12.1. The van der Waals surface area contributed by atoms with Crippen LogP contribution in [0.25, 0.3) is 0 Å². The van der Waals surface area contributed by atoms with Crippen LogP contribution in [-0.4, -0.2) is 18.0 Å². The van der Waals surface area contributed by atoms with Gasteiger partial charge in [0.25, 0.3) is 5.91 Å². The zero-order chi connectivity index (χ0) is 14.7. The number of methoxy groups -OCH3 is 1. The lowest BCUT2D eigenvalue weighted by molar-refractivity contribution is 0.0944. The highest BCUT2D eigenvalue weighted by Crippen LogP contribution is 2.21. The van der Waals surface area contributed by atoms with Gasteiger partial charge < -0.3 is 20.2 Å². The van der Waals surface area contributed by atoms with E-state index in [0.29, 0.717) is 22.9 Å². The summed E-state index contributed by atoms with van der Waals surface area (Å²) < 4.78 is 10.5. The Hall–Kier alpha value is -2.50. The van der Waals surface area contributed by atoms with Crippen molar-refractivity contribution < 1.29 is 13.9 Å². The van der Waals surface area contributed by atoms with Crippen LogP contribution in [0.1, 0.15) is 27.7 Å². The number of benzene rings is 1. The SMILES string of the molecule is COc1cc(N)ccc1C(=O)NCc1nc(C)c(C)o1. The summed E-state index contributed by atoms with van der Waals surface area (Å²) in [6.45, 7) is 3.91. The van der Waals surface area contributed by atoms with Gasteiger partial charge >= 0.3 is 0 Å². The largest absolute Gasteiger partial charge is 0.496 e. The number of hydrogen-bond acceptors (Lipinski definition) is 5. The number of aryl methyl sites for hydroxylation is 2. The lowest BCUT2D eigenvalue weighted by atomic mass is 10.1. The van der Waals surface area contributed by atoms with Gasteiger partial charge in [-0.05, 0) is 26.0 Å². The molecule has 0 aliphatic heterocycles. The second-order valence-corrected chi connectivity index (χ2v) is 4.39. The quantitative estimate of drug-likeness (QED) is 0.830. The molecule has 2 rings (SSSR count). The number of aromatic nitrogens is 1. The topological polar surface area (TPSA) is 90.4 Å². The standard InChI is InChI=1S/C14H17N3O3/c1-8-9(2)20-13(17-8)7-16-14(18)11-5-4-10(15)6-12(11)19-3/h4-6H,7,15H2,1-3H3,(H,16,18). The number of hydrogen-bond donors (Lipinski definition) is 2. The number of ether oxygens (including phenoxy) is 1. The molecule has 0 radical (unpaired) electrons. The van der Waals surface area contributed by atoms with Crippen LogP contribution in [0.15, 0.2) is 22.6 Å². The van der Waals surface area contributed by atoms with Gasteiger partial charge in [0.05, 0.1) is 24.9 Å². The second-order valence-electron chi connectivity index (χ2n) is 4.39. The van der Waals surface area contributed by atoms with Crippen LogP contribution >= 0.6 is 0 Å². The molecule has 0 unspecified atom stereocenters. The van der Waals surface area contributed by atoms with Gasteiger partial charge in [-0.25, -0.2) is 4.98 Å². The number of amides is 1. The molecule has 3 N–H and O–H groups in total. The van der Waals surface area contributed by atoms with Gasteiger partial charge in [-0.2, -0.15) is 0 Å². The summed E-state index contributed by atoms with van der Waals surface area (Å²) in [5.41, 5.74) is 7.43. The fourth-order valence-electron chi connectivity index (χ4n) is 1.76. The molecule has 0 aliphatic rings. The van der Waals surface area contributed by atoms with E-state index in [1.54, 1.807) is 18.2 Å². The van der Waals surface area contributed by atoms with Crippen molar-refractivity contribution in [3.8, 4) is 5.75 Å². The van der Waals surface area contributed by atoms with Crippen molar-refractivity contribution in [1.29, 1.82) is 0 Å². The highest BCUT2D eigenvalue weighted by atomic mass is 16.5. The third kappa shape index (κ3) is 2.90. The first-order valence-electron chi connectivity index (χ1n) is 6.16. The Morgan fingerprint density at radius 2 is 2.20 bits per heavy atom. The predicted molar refractivity (Wildman–Crippen MR) is 74.6 cm³/mol. The molecule has 0 aliphatic carbocycles. The van der Waals surface area contributed by atoms with Gasteiger partial charge in [0.15, 0.2) is 0 Å². The van der Waals surface area contributed by atoms with E-state index < -0.39 is 0 Å². The molecule has 2 aromatic rings. The van der Waals surface area contributed by atoms with Crippen LogP contribution in [0.5, 0.6) is 5.75 Å². The van der Waals surface area contributed by atoms with Crippen molar-refractivity contribution >= 4 is 11.6 Å². The van der Waals surface area contributed by atoms with Crippen LogP contribution in [0.4, 0.5) is 5.69 Å². The molecule has 6 nitrogen and oxygen atoms in total. The van der Waals surface area contributed by atoms with Crippen molar-refractivity contribution in [3.63, 3.8) is 0 Å². The molecule has 1 aromatic heterocycles. The van der Waals surface area contributed by atoms with E-state index in [0.717, 1.165) is 11.5 Å². The van der Waals surface area contributed by atoms with Crippen LogP contribution in [-0.2, 0) is 6.54 Å². The summed E-state index contributed by atoms with van der Waals surface area (Å²) in [5, 5.41) is 2.73. The third-order valence-corrected chi connectivity index (χ3v) is 2.94. The van der Waals surface area contributed by atoms with E-state index in [-0.39, 0.29) is 12.5 Å². The monoisotopic (exact) mass is 275 g/mol. The Kier molecular flexibility index (Phi) is 3.93. The van der Waals surface area contributed by atoms with Crippen molar-refractivity contribution in [3.05, 3.63) is 41.1 Å². The number of nitrogens with two attached hydrogens (primary N) is 1. The number of nitrogens with zero attached hydrogens (tertiary/aromatic N) is 1. The number of oxazole rings is 1. The molecule has 0 spiro atoms. The van der Waals surface area contributed by atoms with Gasteiger partial charge in [0.2, 0.25) is 5.89 Å². The Morgan fingerprint density at radius 1 is 1.45 bits per heavy atom. The molecule has 0 bridgehead atoms. The summed E-state index contributed by atoms with van der Waals surface area (Å²) in [7, 11) is 1.49. The molecular weight excluding hydrogens is 258 g/mol. The number of nitrogens with one attached hydrogen (secondary N) is 1. The first-order valence-corrected chi connectivity index (χ1v) is 6.16. The van der Waals surface area contributed by atoms with Gasteiger partial charge in [-0.15, -0.1) is 0 Å². The second kappa shape index (κ2) is 5.64. The van der Waals surface area contributed by atoms with Gasteiger partial charge in [-0.1, -0.05) is 0 Å². The third-order valence-electron chi connectivity index (χ3n) is 2.94. The fourth-order valence-corrected chi connectivity index (χ4v) is 1.76. The van der Waals surface area contributed by atoms with E-state index >= 15 is 0 Å². The van der Waals surface area contributed by atoms with E-state index in [9.17, 15) is 4.79 Å². The molecule has 0 saturated carbocycles. The van der Waals surface area contributed by atoms with Crippen molar-refractivity contribution in [2.75, 3.05) is 12.8 Å². The molecule has 106 valence electrons. The molecule has 1 aromatic carbocycles. The molecule has 1 amide bonds. The lowest BCUT2D eigenvalue weighted by Crippen LogP contribution is -2.23. The zero-order valence-electron chi connectivity index (χ0n) is 11.7. The first-order chi connectivity index (χ1) is 9.51. The maximum Gasteiger partial charge on any atom is 0.255 e. The lowest BCUT2D eigenvalue weighted by Gasteiger charge is -2.09. The average Bonchev–Trinajstić information content (AvgIpc) is 2.75. The summed E-state index contributed by atoms with van der Waals surface area (Å²) in [6, 6.07) is 4.88. The first kappa shape index (κ1) is 13.9. The average molecular weight is 275 g/mol.